The summed E-state index contributed by atoms with van der Waals surface area (Å²) < 4.78 is 0. The van der Waals surface area contributed by atoms with E-state index in [0.29, 0.717) is 18.2 Å². The van der Waals surface area contributed by atoms with Crippen LogP contribution in [0.2, 0.25) is 0 Å². The standard InChI is InChI=1S/C14H20N2O2/c1-15-14(18)8-9-16(2)12-7-6-11-10(12)4-3-5-13(11)17/h3-5,12,17H,6-9H2,1-2H3,(H,15,18). The quantitative estimate of drug-likeness (QED) is 0.848. The molecule has 1 aliphatic rings. The number of carbonyl (C=O) groups excluding carboxylic acids is 1. The van der Waals surface area contributed by atoms with E-state index in [1.54, 1.807) is 13.1 Å². The highest BCUT2D eigenvalue weighted by atomic mass is 16.3. The number of benzene rings is 1. The van der Waals surface area contributed by atoms with Crippen LogP contribution < -0.4 is 5.32 Å². The molecule has 1 amide bonds. The summed E-state index contributed by atoms with van der Waals surface area (Å²) in [4.78, 5) is 13.4. The van der Waals surface area contributed by atoms with Gasteiger partial charge >= 0.3 is 0 Å². The van der Waals surface area contributed by atoms with Crippen molar-refractivity contribution in [2.45, 2.75) is 25.3 Å². The largest absolute Gasteiger partial charge is 0.508 e. The van der Waals surface area contributed by atoms with Gasteiger partial charge in [-0.3, -0.25) is 9.69 Å². The summed E-state index contributed by atoms with van der Waals surface area (Å²) in [5.41, 5.74) is 2.27. The van der Waals surface area contributed by atoms with E-state index in [4.69, 9.17) is 0 Å². The first-order chi connectivity index (χ1) is 8.63. The van der Waals surface area contributed by atoms with E-state index in [2.05, 4.69) is 16.3 Å². The van der Waals surface area contributed by atoms with Gasteiger partial charge < -0.3 is 10.4 Å². The van der Waals surface area contributed by atoms with E-state index < -0.39 is 0 Å². The number of amides is 1. The maximum Gasteiger partial charge on any atom is 0.221 e. The van der Waals surface area contributed by atoms with Crippen LogP contribution in [0.15, 0.2) is 18.2 Å². The molecule has 0 radical (unpaired) electrons. The van der Waals surface area contributed by atoms with Gasteiger partial charge in [-0.1, -0.05) is 12.1 Å². The van der Waals surface area contributed by atoms with Crippen LogP contribution in [0.1, 0.15) is 30.0 Å². The Balaban J connectivity index is 2.04. The summed E-state index contributed by atoms with van der Waals surface area (Å²) in [6.45, 7) is 0.736. The summed E-state index contributed by atoms with van der Waals surface area (Å²) in [6.07, 6.45) is 2.44. The zero-order valence-corrected chi connectivity index (χ0v) is 10.9. The molecule has 1 unspecified atom stereocenters. The zero-order valence-electron chi connectivity index (χ0n) is 10.9. The minimum absolute atomic E-state index is 0.0657. The smallest absolute Gasteiger partial charge is 0.221 e. The van der Waals surface area contributed by atoms with Gasteiger partial charge in [0.25, 0.3) is 0 Å². The second kappa shape index (κ2) is 5.40. The number of hydrogen-bond donors (Lipinski definition) is 2. The van der Waals surface area contributed by atoms with E-state index in [-0.39, 0.29) is 5.91 Å². The van der Waals surface area contributed by atoms with Gasteiger partial charge in [0, 0.05) is 26.1 Å². The summed E-state index contributed by atoms with van der Waals surface area (Å²) >= 11 is 0. The van der Waals surface area contributed by atoms with E-state index in [1.165, 1.54) is 5.56 Å². The first-order valence-electron chi connectivity index (χ1n) is 6.35. The van der Waals surface area contributed by atoms with Crippen LogP contribution in [0, 0.1) is 0 Å². The van der Waals surface area contributed by atoms with Crippen LogP contribution >= 0.6 is 0 Å². The third-order valence-corrected chi connectivity index (χ3v) is 3.72. The van der Waals surface area contributed by atoms with Crippen molar-refractivity contribution in [3.63, 3.8) is 0 Å². The minimum atomic E-state index is 0.0657. The molecular formula is C14H20N2O2. The molecule has 2 N–H and O–H groups in total. The number of carbonyl (C=O) groups is 1. The molecule has 1 aromatic rings. The summed E-state index contributed by atoms with van der Waals surface area (Å²) in [6, 6.07) is 6.02. The number of hydrogen-bond acceptors (Lipinski definition) is 3. The Labute approximate surface area is 108 Å². The highest BCUT2D eigenvalue weighted by Gasteiger charge is 2.27. The van der Waals surface area contributed by atoms with E-state index >= 15 is 0 Å². The Hall–Kier alpha value is -1.55. The van der Waals surface area contributed by atoms with Crippen molar-refractivity contribution >= 4 is 5.91 Å². The molecule has 0 saturated carbocycles. The van der Waals surface area contributed by atoms with Gasteiger partial charge in [-0.15, -0.1) is 0 Å². The van der Waals surface area contributed by atoms with Gasteiger partial charge in [-0.2, -0.15) is 0 Å². The topological polar surface area (TPSA) is 52.6 Å². The van der Waals surface area contributed by atoms with Crippen molar-refractivity contribution in [2.24, 2.45) is 0 Å². The molecule has 4 nitrogen and oxygen atoms in total. The monoisotopic (exact) mass is 248 g/mol. The highest BCUT2D eigenvalue weighted by Crippen LogP contribution is 2.39. The second-order valence-electron chi connectivity index (χ2n) is 4.80. The Morgan fingerprint density at radius 2 is 2.33 bits per heavy atom. The lowest BCUT2D eigenvalue weighted by molar-refractivity contribution is -0.121. The minimum Gasteiger partial charge on any atom is -0.508 e. The number of aromatic hydroxyl groups is 1. The molecular weight excluding hydrogens is 228 g/mol. The molecule has 0 heterocycles. The molecule has 1 atom stereocenters. The zero-order chi connectivity index (χ0) is 13.1. The molecule has 0 aromatic heterocycles. The fraction of sp³-hybridized carbons (Fsp3) is 0.500. The van der Waals surface area contributed by atoms with Gasteiger partial charge in [-0.25, -0.2) is 0 Å². The molecule has 18 heavy (non-hydrogen) atoms. The second-order valence-corrected chi connectivity index (χ2v) is 4.80. The normalized spacial score (nSPS) is 17.8. The SMILES string of the molecule is CNC(=O)CCN(C)C1CCc2c(O)cccc21. The van der Waals surface area contributed by atoms with Crippen molar-refractivity contribution in [3.05, 3.63) is 29.3 Å². The van der Waals surface area contributed by atoms with Crippen LogP contribution in [-0.2, 0) is 11.2 Å². The van der Waals surface area contributed by atoms with Crippen LogP contribution in [0.5, 0.6) is 5.75 Å². The molecule has 0 spiro atoms. The van der Waals surface area contributed by atoms with Crippen LogP contribution in [-0.4, -0.2) is 36.6 Å². The van der Waals surface area contributed by atoms with Crippen LogP contribution in [0.25, 0.3) is 0 Å². The van der Waals surface area contributed by atoms with Crippen molar-refractivity contribution in [1.29, 1.82) is 0 Å². The molecule has 1 aliphatic carbocycles. The lowest BCUT2D eigenvalue weighted by atomic mass is 10.1. The summed E-state index contributed by atoms with van der Waals surface area (Å²) in [5.74, 6) is 0.464. The van der Waals surface area contributed by atoms with E-state index in [9.17, 15) is 9.90 Å². The number of rotatable bonds is 4. The van der Waals surface area contributed by atoms with Gasteiger partial charge in [0.2, 0.25) is 5.91 Å². The molecule has 0 aliphatic heterocycles. The van der Waals surface area contributed by atoms with Crippen LogP contribution in [0.4, 0.5) is 0 Å². The van der Waals surface area contributed by atoms with Gasteiger partial charge in [0.15, 0.2) is 0 Å². The number of phenolic OH excluding ortho intramolecular Hbond substituents is 1. The Kier molecular flexibility index (Phi) is 3.87. The average Bonchev–Trinajstić information content (AvgIpc) is 2.81. The van der Waals surface area contributed by atoms with E-state index in [0.717, 1.165) is 24.9 Å². The Morgan fingerprint density at radius 3 is 3.06 bits per heavy atom. The van der Waals surface area contributed by atoms with Gasteiger partial charge in [-0.05, 0) is 37.1 Å². The highest BCUT2D eigenvalue weighted by molar-refractivity contribution is 5.75. The molecule has 1 aromatic carbocycles. The van der Waals surface area contributed by atoms with Crippen molar-refractivity contribution < 1.29 is 9.90 Å². The lowest BCUT2D eigenvalue weighted by Crippen LogP contribution is -2.28. The fourth-order valence-corrected chi connectivity index (χ4v) is 2.63. The molecule has 4 heteroatoms. The lowest BCUT2D eigenvalue weighted by Gasteiger charge is -2.24. The molecule has 0 saturated heterocycles. The average molecular weight is 248 g/mol. The van der Waals surface area contributed by atoms with Crippen LogP contribution in [0.3, 0.4) is 0 Å². The first kappa shape index (κ1) is 12.9. The Morgan fingerprint density at radius 1 is 1.56 bits per heavy atom. The molecule has 2 rings (SSSR count). The first-order valence-corrected chi connectivity index (χ1v) is 6.35. The van der Waals surface area contributed by atoms with Crippen molar-refractivity contribution in [1.82, 2.24) is 10.2 Å². The third kappa shape index (κ3) is 2.48. The van der Waals surface area contributed by atoms with Gasteiger partial charge in [0.1, 0.15) is 5.75 Å². The number of nitrogens with one attached hydrogen (secondary N) is 1. The maximum atomic E-state index is 11.3. The summed E-state index contributed by atoms with van der Waals surface area (Å²) in [7, 11) is 3.69. The molecule has 98 valence electrons. The third-order valence-electron chi connectivity index (χ3n) is 3.72. The number of phenols is 1. The number of fused-ring (bicyclic) bond motifs is 1. The number of nitrogens with zero attached hydrogens (tertiary/aromatic N) is 1. The predicted octanol–water partition coefficient (Wildman–Crippen LogP) is 1.45. The fourth-order valence-electron chi connectivity index (χ4n) is 2.63. The Bertz CT molecular complexity index is 445. The molecule has 0 fully saturated rings. The van der Waals surface area contributed by atoms with Crippen molar-refractivity contribution in [2.75, 3.05) is 20.6 Å². The summed E-state index contributed by atoms with van der Waals surface area (Å²) in [5, 5.41) is 12.4. The molecule has 0 bridgehead atoms. The van der Waals surface area contributed by atoms with E-state index in [1.807, 2.05) is 13.1 Å². The van der Waals surface area contributed by atoms with Gasteiger partial charge in [0.05, 0.1) is 0 Å². The maximum absolute atomic E-state index is 11.3. The van der Waals surface area contributed by atoms with Crippen molar-refractivity contribution in [3.8, 4) is 5.75 Å². The predicted molar refractivity (Wildman–Crippen MR) is 70.5 cm³/mol.